The van der Waals surface area contributed by atoms with Gasteiger partial charge in [-0.15, -0.1) is 0 Å². The predicted molar refractivity (Wildman–Crippen MR) is 75.6 cm³/mol. The van der Waals surface area contributed by atoms with Crippen molar-refractivity contribution in [1.29, 1.82) is 0 Å². The third-order valence-corrected chi connectivity index (χ3v) is 2.93. The molecule has 0 aliphatic heterocycles. The van der Waals surface area contributed by atoms with E-state index in [1.807, 2.05) is 0 Å². The Morgan fingerprint density at radius 1 is 1.10 bits per heavy atom. The zero-order valence-corrected chi connectivity index (χ0v) is 11.4. The van der Waals surface area contributed by atoms with E-state index in [-0.39, 0.29) is 17.0 Å². The Morgan fingerprint density at radius 3 is 2.38 bits per heavy atom. The minimum absolute atomic E-state index is 0.196. The Hall–Kier alpha value is -2.30. The van der Waals surface area contributed by atoms with Gasteiger partial charge in [0, 0.05) is 16.8 Å². The predicted octanol–water partition coefficient (Wildman–Crippen LogP) is 4.20. The maximum atomic E-state index is 12.4. The molecule has 2 aromatic carbocycles. The summed E-state index contributed by atoms with van der Waals surface area (Å²) < 4.78 is 37.1. The van der Waals surface area contributed by atoms with E-state index < -0.39 is 12.7 Å². The highest BCUT2D eigenvalue weighted by Crippen LogP contribution is 2.23. The molecule has 0 unspecified atom stereocenters. The molecule has 1 N–H and O–H groups in total. The molecule has 5 heteroatoms. The summed E-state index contributed by atoms with van der Waals surface area (Å²) in [7, 11) is 0. The number of rotatable bonds is 4. The van der Waals surface area contributed by atoms with Crippen molar-refractivity contribution in [2.45, 2.75) is 13.1 Å². The Labute approximate surface area is 120 Å². The van der Waals surface area contributed by atoms with Crippen LogP contribution >= 0.6 is 0 Å². The topological polar surface area (TPSA) is 29.1 Å². The fourth-order valence-electron chi connectivity index (χ4n) is 1.94. The summed E-state index contributed by atoms with van der Waals surface area (Å²) in [6.07, 6.45) is -4.34. The molecule has 0 fully saturated rings. The van der Waals surface area contributed by atoms with Crippen molar-refractivity contribution in [1.82, 2.24) is 0 Å². The van der Waals surface area contributed by atoms with E-state index in [1.165, 1.54) is 0 Å². The lowest BCUT2D eigenvalue weighted by atomic mass is 10.00. The Bertz CT molecular complexity index is 636. The van der Waals surface area contributed by atoms with E-state index in [9.17, 15) is 18.0 Å². The van der Waals surface area contributed by atoms with Crippen molar-refractivity contribution < 1.29 is 18.0 Å². The Balaban J connectivity index is 2.33. The highest BCUT2D eigenvalue weighted by Gasteiger charge is 2.27. The van der Waals surface area contributed by atoms with Crippen molar-refractivity contribution in [3.05, 3.63) is 65.2 Å². The fourth-order valence-corrected chi connectivity index (χ4v) is 1.94. The summed E-state index contributed by atoms with van der Waals surface area (Å²) in [5, 5.41) is 2.30. The minimum Gasteiger partial charge on any atom is -0.376 e. The van der Waals surface area contributed by atoms with Crippen LogP contribution in [0, 0.1) is 6.92 Å². The van der Waals surface area contributed by atoms with Gasteiger partial charge < -0.3 is 5.32 Å². The van der Waals surface area contributed by atoms with Crippen LogP contribution in [-0.4, -0.2) is 18.5 Å². The first-order chi connectivity index (χ1) is 9.87. The second kappa shape index (κ2) is 5.99. The van der Waals surface area contributed by atoms with E-state index in [4.69, 9.17) is 0 Å². The summed E-state index contributed by atoms with van der Waals surface area (Å²) in [4.78, 5) is 12.4. The highest BCUT2D eigenvalue weighted by atomic mass is 19.4. The molecule has 2 aromatic rings. The van der Waals surface area contributed by atoms with Crippen molar-refractivity contribution >= 4 is 11.5 Å². The number of halogens is 3. The van der Waals surface area contributed by atoms with Gasteiger partial charge in [0.05, 0.1) is 0 Å². The van der Waals surface area contributed by atoms with Crippen LogP contribution in [0.1, 0.15) is 21.5 Å². The third-order valence-electron chi connectivity index (χ3n) is 2.93. The van der Waals surface area contributed by atoms with Crippen molar-refractivity contribution in [2.75, 3.05) is 11.9 Å². The van der Waals surface area contributed by atoms with Gasteiger partial charge in [-0.1, -0.05) is 36.4 Å². The number of alkyl halides is 3. The molecule has 0 radical (unpaired) electrons. The van der Waals surface area contributed by atoms with Gasteiger partial charge in [-0.25, -0.2) is 0 Å². The molecule has 0 atom stereocenters. The van der Waals surface area contributed by atoms with Gasteiger partial charge in [-0.05, 0) is 24.6 Å². The van der Waals surface area contributed by atoms with Gasteiger partial charge in [-0.3, -0.25) is 4.79 Å². The molecule has 110 valence electrons. The number of ketones is 1. The molecule has 0 aromatic heterocycles. The van der Waals surface area contributed by atoms with Crippen molar-refractivity contribution in [3.8, 4) is 0 Å². The summed E-state index contributed by atoms with van der Waals surface area (Å²) in [6.45, 7) is 0.584. The Kier molecular flexibility index (Phi) is 4.31. The van der Waals surface area contributed by atoms with Crippen LogP contribution in [0.4, 0.5) is 18.9 Å². The Morgan fingerprint density at radius 2 is 1.76 bits per heavy atom. The number of benzene rings is 2. The van der Waals surface area contributed by atoms with Crippen LogP contribution in [0.2, 0.25) is 0 Å². The maximum absolute atomic E-state index is 12.4. The standard InChI is InChI=1S/C16H14F3NO/c1-11-7-8-13(14(9-11)20-10-16(17,18)19)15(21)12-5-3-2-4-6-12/h2-9,20H,10H2,1H3. The molecular weight excluding hydrogens is 279 g/mol. The van der Waals surface area contributed by atoms with Gasteiger partial charge >= 0.3 is 6.18 Å². The van der Waals surface area contributed by atoms with E-state index >= 15 is 0 Å². The third kappa shape index (κ3) is 4.08. The molecule has 0 aliphatic carbocycles. The quantitative estimate of drug-likeness (QED) is 0.856. The average Bonchev–Trinajstić information content (AvgIpc) is 2.45. The second-order valence-electron chi connectivity index (χ2n) is 4.71. The van der Waals surface area contributed by atoms with Crippen LogP contribution in [0.5, 0.6) is 0 Å². The summed E-state index contributed by atoms with van der Waals surface area (Å²) in [5.41, 5.74) is 1.65. The normalized spacial score (nSPS) is 11.2. The van der Waals surface area contributed by atoms with Gasteiger partial charge in [0.2, 0.25) is 0 Å². The van der Waals surface area contributed by atoms with E-state index in [0.29, 0.717) is 5.56 Å². The lowest BCUT2D eigenvalue weighted by molar-refractivity contribution is -0.115. The van der Waals surface area contributed by atoms with E-state index in [1.54, 1.807) is 55.5 Å². The molecule has 0 bridgehead atoms. The molecule has 0 heterocycles. The zero-order chi connectivity index (χ0) is 15.5. The number of nitrogens with one attached hydrogen (secondary N) is 1. The largest absolute Gasteiger partial charge is 0.405 e. The van der Waals surface area contributed by atoms with Crippen LogP contribution in [-0.2, 0) is 0 Å². The number of carbonyl (C=O) groups is 1. The molecule has 2 nitrogen and oxygen atoms in total. The number of anilines is 1. The van der Waals surface area contributed by atoms with Crippen LogP contribution < -0.4 is 5.32 Å². The van der Waals surface area contributed by atoms with Gasteiger partial charge in [-0.2, -0.15) is 13.2 Å². The lowest BCUT2D eigenvalue weighted by Crippen LogP contribution is -2.22. The molecular formula is C16H14F3NO. The van der Waals surface area contributed by atoms with Crippen molar-refractivity contribution in [2.24, 2.45) is 0 Å². The number of hydrogen-bond acceptors (Lipinski definition) is 2. The minimum atomic E-state index is -4.34. The van der Waals surface area contributed by atoms with E-state index in [0.717, 1.165) is 5.56 Å². The molecule has 0 amide bonds. The van der Waals surface area contributed by atoms with E-state index in [2.05, 4.69) is 5.32 Å². The first kappa shape index (κ1) is 15.1. The fraction of sp³-hybridized carbons (Fsp3) is 0.188. The number of carbonyl (C=O) groups excluding carboxylic acids is 1. The van der Waals surface area contributed by atoms with Crippen molar-refractivity contribution in [3.63, 3.8) is 0 Å². The van der Waals surface area contributed by atoms with Crippen LogP contribution in [0.3, 0.4) is 0 Å². The lowest BCUT2D eigenvalue weighted by Gasteiger charge is -2.14. The molecule has 0 saturated carbocycles. The SMILES string of the molecule is Cc1ccc(C(=O)c2ccccc2)c(NCC(F)(F)F)c1. The molecule has 21 heavy (non-hydrogen) atoms. The second-order valence-corrected chi connectivity index (χ2v) is 4.71. The summed E-state index contributed by atoms with van der Waals surface area (Å²) >= 11 is 0. The highest BCUT2D eigenvalue weighted by molar-refractivity contribution is 6.12. The smallest absolute Gasteiger partial charge is 0.376 e. The maximum Gasteiger partial charge on any atom is 0.405 e. The summed E-state index contributed by atoms with van der Waals surface area (Å²) in [5.74, 6) is -0.305. The molecule has 0 spiro atoms. The van der Waals surface area contributed by atoms with Crippen LogP contribution in [0.15, 0.2) is 48.5 Å². The van der Waals surface area contributed by atoms with Gasteiger partial charge in [0.15, 0.2) is 5.78 Å². The zero-order valence-electron chi connectivity index (χ0n) is 11.4. The average molecular weight is 293 g/mol. The first-order valence-electron chi connectivity index (χ1n) is 6.38. The molecule has 0 aliphatic rings. The molecule has 2 rings (SSSR count). The van der Waals surface area contributed by atoms with Gasteiger partial charge in [0.25, 0.3) is 0 Å². The van der Waals surface area contributed by atoms with Gasteiger partial charge in [0.1, 0.15) is 6.54 Å². The number of hydrogen-bond donors (Lipinski definition) is 1. The summed E-state index contributed by atoms with van der Waals surface area (Å²) in [6, 6.07) is 13.3. The monoisotopic (exact) mass is 293 g/mol. The van der Waals surface area contributed by atoms with Crippen LogP contribution in [0.25, 0.3) is 0 Å². The first-order valence-corrected chi connectivity index (χ1v) is 6.38. The number of aryl methyl sites for hydroxylation is 1. The molecule has 0 saturated heterocycles.